The fourth-order valence-corrected chi connectivity index (χ4v) is 3.57. The van der Waals surface area contributed by atoms with Crippen molar-refractivity contribution in [3.05, 3.63) is 76.2 Å². The Bertz CT molecular complexity index is 1190. The zero-order valence-corrected chi connectivity index (χ0v) is 16.0. The number of thioether (sulfide) groups is 1. The van der Waals surface area contributed by atoms with Gasteiger partial charge in [-0.25, -0.2) is 4.98 Å². The van der Waals surface area contributed by atoms with Crippen molar-refractivity contribution in [3.8, 4) is 5.69 Å². The first kappa shape index (κ1) is 18.3. The van der Waals surface area contributed by atoms with E-state index in [0.29, 0.717) is 32.6 Å². The smallest absolute Gasteiger partial charge is 0.269 e. The van der Waals surface area contributed by atoms with Gasteiger partial charge in [0.1, 0.15) is 5.39 Å². The summed E-state index contributed by atoms with van der Waals surface area (Å²) in [6.07, 6.45) is 1.45. The maximum atomic E-state index is 12.9. The summed E-state index contributed by atoms with van der Waals surface area (Å²) < 4.78 is 1.48. The molecule has 4 rings (SSSR count). The lowest BCUT2D eigenvalue weighted by Crippen LogP contribution is -2.22. The Labute approximate surface area is 168 Å². The number of H-pyrrole nitrogens is 1. The Morgan fingerprint density at radius 3 is 2.64 bits per heavy atom. The van der Waals surface area contributed by atoms with Crippen LogP contribution < -0.4 is 10.9 Å². The number of halogens is 1. The Hall–Kier alpha value is -3.10. The van der Waals surface area contributed by atoms with Crippen molar-refractivity contribution in [2.75, 3.05) is 11.1 Å². The molecule has 2 N–H and O–H groups in total. The van der Waals surface area contributed by atoms with Gasteiger partial charge in [0.15, 0.2) is 10.8 Å². The Morgan fingerprint density at radius 2 is 1.89 bits per heavy atom. The van der Waals surface area contributed by atoms with Crippen molar-refractivity contribution >= 4 is 46.0 Å². The van der Waals surface area contributed by atoms with Gasteiger partial charge in [-0.3, -0.25) is 19.3 Å². The molecule has 0 fully saturated rings. The van der Waals surface area contributed by atoms with Crippen molar-refractivity contribution in [1.29, 1.82) is 0 Å². The van der Waals surface area contributed by atoms with Crippen LogP contribution in [0.1, 0.15) is 0 Å². The molecule has 28 heavy (non-hydrogen) atoms. The van der Waals surface area contributed by atoms with Crippen molar-refractivity contribution in [2.24, 2.45) is 0 Å². The van der Waals surface area contributed by atoms with Gasteiger partial charge in [0, 0.05) is 10.7 Å². The van der Waals surface area contributed by atoms with Crippen LogP contribution in [-0.2, 0) is 4.79 Å². The van der Waals surface area contributed by atoms with Gasteiger partial charge in [-0.15, -0.1) is 0 Å². The number of nitrogens with one attached hydrogen (secondary N) is 2. The summed E-state index contributed by atoms with van der Waals surface area (Å²) in [5, 5.41) is 10.8. The topological polar surface area (TPSA) is 92.7 Å². The van der Waals surface area contributed by atoms with E-state index in [1.165, 1.54) is 22.5 Å². The summed E-state index contributed by atoms with van der Waals surface area (Å²) in [6, 6.07) is 16.0. The molecular weight excluding hydrogens is 398 g/mol. The number of aromatic amines is 1. The first-order chi connectivity index (χ1) is 13.6. The van der Waals surface area contributed by atoms with Crippen LogP contribution in [0.5, 0.6) is 0 Å². The summed E-state index contributed by atoms with van der Waals surface area (Å²) in [7, 11) is 0. The molecule has 2 aromatic heterocycles. The maximum Gasteiger partial charge on any atom is 0.269 e. The third-order valence-corrected chi connectivity index (χ3v) is 5.12. The molecule has 0 aliphatic carbocycles. The third-order valence-electron chi connectivity index (χ3n) is 3.93. The predicted molar refractivity (Wildman–Crippen MR) is 110 cm³/mol. The van der Waals surface area contributed by atoms with E-state index in [2.05, 4.69) is 20.5 Å². The van der Waals surface area contributed by atoms with Crippen LogP contribution in [0.2, 0.25) is 5.02 Å². The Balaban J connectivity index is 1.61. The van der Waals surface area contributed by atoms with Crippen molar-refractivity contribution < 1.29 is 4.79 Å². The second-order valence-electron chi connectivity index (χ2n) is 5.85. The van der Waals surface area contributed by atoms with Gasteiger partial charge in [-0.2, -0.15) is 5.10 Å². The summed E-state index contributed by atoms with van der Waals surface area (Å²) in [6.45, 7) is 0. The van der Waals surface area contributed by atoms with Gasteiger partial charge >= 0.3 is 0 Å². The fourth-order valence-electron chi connectivity index (χ4n) is 2.64. The van der Waals surface area contributed by atoms with E-state index in [4.69, 9.17) is 11.6 Å². The van der Waals surface area contributed by atoms with E-state index in [1.807, 2.05) is 30.3 Å². The molecule has 0 saturated carbocycles. The fraction of sp³-hybridized carbons (Fsp3) is 0.0526. The van der Waals surface area contributed by atoms with Crippen LogP contribution in [0.4, 0.5) is 5.69 Å². The standard InChI is InChI=1S/C19H14ClN5O2S/c20-12-6-8-13(9-7-12)22-16(26)11-28-19-23-17-15(10-21-24-17)18(27)25(19)14-4-2-1-3-5-14/h1-10H,11H2,(H,21,24)(H,22,26). The van der Waals surface area contributed by atoms with Crippen LogP contribution in [0.3, 0.4) is 0 Å². The number of hydrogen-bond donors (Lipinski definition) is 2. The Morgan fingerprint density at radius 1 is 1.14 bits per heavy atom. The van der Waals surface area contributed by atoms with Gasteiger partial charge in [0.2, 0.25) is 5.91 Å². The van der Waals surface area contributed by atoms with E-state index >= 15 is 0 Å². The lowest BCUT2D eigenvalue weighted by molar-refractivity contribution is -0.113. The van der Waals surface area contributed by atoms with Crippen LogP contribution >= 0.6 is 23.4 Å². The largest absolute Gasteiger partial charge is 0.325 e. The molecule has 2 heterocycles. The zero-order chi connectivity index (χ0) is 19.5. The number of carbonyl (C=O) groups excluding carboxylic acids is 1. The summed E-state index contributed by atoms with van der Waals surface area (Å²) >= 11 is 7.02. The van der Waals surface area contributed by atoms with Crippen molar-refractivity contribution in [3.63, 3.8) is 0 Å². The molecule has 0 saturated heterocycles. The quantitative estimate of drug-likeness (QED) is 0.387. The van der Waals surface area contributed by atoms with Crippen LogP contribution in [0, 0.1) is 0 Å². The minimum atomic E-state index is -0.245. The molecular formula is C19H14ClN5O2S. The number of aromatic nitrogens is 4. The number of benzene rings is 2. The average Bonchev–Trinajstić information content (AvgIpc) is 3.18. The lowest BCUT2D eigenvalue weighted by Gasteiger charge is -2.12. The Kier molecular flexibility index (Phi) is 5.14. The SMILES string of the molecule is O=C(CSc1nc2[nH]ncc2c(=O)n1-c1ccccc1)Nc1ccc(Cl)cc1. The molecule has 4 aromatic rings. The average molecular weight is 412 g/mol. The molecule has 0 bridgehead atoms. The van der Waals surface area contributed by atoms with Crippen LogP contribution in [0.25, 0.3) is 16.7 Å². The van der Waals surface area contributed by atoms with Gasteiger partial charge in [0.25, 0.3) is 5.56 Å². The molecule has 7 nitrogen and oxygen atoms in total. The number of amides is 1. The highest BCUT2D eigenvalue weighted by Gasteiger charge is 2.16. The second kappa shape index (κ2) is 7.87. The molecule has 1 amide bonds. The van der Waals surface area contributed by atoms with Gasteiger partial charge in [-0.1, -0.05) is 41.6 Å². The van der Waals surface area contributed by atoms with Crippen molar-refractivity contribution in [1.82, 2.24) is 19.7 Å². The molecule has 0 aliphatic heterocycles. The van der Waals surface area contributed by atoms with E-state index in [9.17, 15) is 9.59 Å². The molecule has 0 spiro atoms. The molecule has 0 unspecified atom stereocenters. The van der Waals surface area contributed by atoms with Gasteiger partial charge < -0.3 is 5.32 Å². The zero-order valence-electron chi connectivity index (χ0n) is 14.4. The predicted octanol–water partition coefficient (Wildman–Crippen LogP) is 3.49. The summed E-state index contributed by atoms with van der Waals surface area (Å²) in [5.74, 6) is -0.132. The first-order valence-electron chi connectivity index (χ1n) is 8.31. The number of hydrogen-bond acceptors (Lipinski definition) is 5. The minimum Gasteiger partial charge on any atom is -0.325 e. The van der Waals surface area contributed by atoms with E-state index < -0.39 is 0 Å². The summed E-state index contributed by atoms with van der Waals surface area (Å²) in [4.78, 5) is 29.7. The van der Waals surface area contributed by atoms with Gasteiger partial charge in [-0.05, 0) is 36.4 Å². The molecule has 0 atom stereocenters. The highest BCUT2D eigenvalue weighted by Crippen LogP contribution is 2.21. The van der Waals surface area contributed by atoms with E-state index in [0.717, 1.165) is 0 Å². The molecule has 2 aromatic carbocycles. The lowest BCUT2D eigenvalue weighted by atomic mass is 10.3. The molecule has 0 radical (unpaired) electrons. The second-order valence-corrected chi connectivity index (χ2v) is 7.23. The van der Waals surface area contributed by atoms with E-state index in [1.54, 1.807) is 24.3 Å². The minimum absolute atomic E-state index is 0.0849. The highest BCUT2D eigenvalue weighted by atomic mass is 35.5. The molecule has 9 heteroatoms. The number of nitrogens with zero attached hydrogens (tertiary/aromatic N) is 3. The number of carbonyl (C=O) groups is 1. The van der Waals surface area contributed by atoms with E-state index in [-0.39, 0.29) is 17.2 Å². The monoisotopic (exact) mass is 411 g/mol. The maximum absolute atomic E-state index is 12.9. The first-order valence-corrected chi connectivity index (χ1v) is 9.68. The van der Waals surface area contributed by atoms with Crippen LogP contribution in [0.15, 0.2) is 70.7 Å². The molecule has 140 valence electrons. The number of anilines is 1. The third kappa shape index (κ3) is 3.78. The highest BCUT2D eigenvalue weighted by molar-refractivity contribution is 7.99. The van der Waals surface area contributed by atoms with Crippen LogP contribution in [-0.4, -0.2) is 31.4 Å². The van der Waals surface area contributed by atoms with Gasteiger partial charge in [0.05, 0.1) is 17.6 Å². The normalized spacial score (nSPS) is 10.9. The van der Waals surface area contributed by atoms with Crippen molar-refractivity contribution in [2.45, 2.75) is 5.16 Å². The number of rotatable bonds is 5. The summed E-state index contributed by atoms with van der Waals surface area (Å²) in [5.41, 5.74) is 1.46. The number of fused-ring (bicyclic) bond motifs is 1. The number of para-hydroxylation sites is 1. The molecule has 0 aliphatic rings.